The minimum absolute atomic E-state index is 0.187. The van der Waals surface area contributed by atoms with Crippen LogP contribution in [-0.4, -0.2) is 50.4 Å². The topological polar surface area (TPSA) is 116 Å². The van der Waals surface area contributed by atoms with Crippen molar-refractivity contribution in [2.45, 2.75) is 36.6 Å². The number of aryl methyl sites for hydroxylation is 1. The van der Waals surface area contributed by atoms with E-state index in [9.17, 15) is 23.1 Å². The Kier molecular flexibility index (Phi) is 4.47. The standard InChI is InChI=1S/C14H16O8S/c1-8-4-6-9(7-5-8)23(18,19)22-11-13(16)21-10(12(15)20-3)14(11,2)17/h4-7,10-11,17H,1-3H3/t10-,11-,14+/m1/s1. The highest BCUT2D eigenvalue weighted by molar-refractivity contribution is 7.86. The van der Waals surface area contributed by atoms with Gasteiger partial charge in [0.2, 0.25) is 12.2 Å². The number of hydrogen-bond donors (Lipinski definition) is 1. The van der Waals surface area contributed by atoms with Crippen molar-refractivity contribution in [3.05, 3.63) is 29.8 Å². The van der Waals surface area contributed by atoms with Gasteiger partial charge in [0, 0.05) is 0 Å². The van der Waals surface area contributed by atoms with E-state index in [0.29, 0.717) is 0 Å². The van der Waals surface area contributed by atoms with E-state index in [-0.39, 0.29) is 4.90 Å². The van der Waals surface area contributed by atoms with E-state index in [1.54, 1.807) is 19.1 Å². The molecule has 0 saturated carbocycles. The third-order valence-corrected chi connectivity index (χ3v) is 4.75. The van der Waals surface area contributed by atoms with Crippen molar-refractivity contribution in [1.82, 2.24) is 0 Å². The lowest BCUT2D eigenvalue weighted by Crippen LogP contribution is -2.50. The van der Waals surface area contributed by atoms with E-state index >= 15 is 0 Å². The molecule has 8 nitrogen and oxygen atoms in total. The summed E-state index contributed by atoms with van der Waals surface area (Å²) in [4.78, 5) is 23.1. The Morgan fingerprint density at radius 1 is 1.30 bits per heavy atom. The van der Waals surface area contributed by atoms with Gasteiger partial charge >= 0.3 is 11.9 Å². The van der Waals surface area contributed by atoms with E-state index in [4.69, 9.17) is 4.18 Å². The van der Waals surface area contributed by atoms with Crippen LogP contribution in [0.4, 0.5) is 0 Å². The van der Waals surface area contributed by atoms with Crippen molar-refractivity contribution in [2.24, 2.45) is 0 Å². The summed E-state index contributed by atoms with van der Waals surface area (Å²) in [5.74, 6) is -2.18. The Morgan fingerprint density at radius 3 is 2.39 bits per heavy atom. The molecule has 0 aromatic heterocycles. The van der Waals surface area contributed by atoms with Crippen LogP contribution in [0, 0.1) is 6.92 Å². The summed E-state index contributed by atoms with van der Waals surface area (Å²) in [7, 11) is -3.29. The molecule has 1 saturated heterocycles. The van der Waals surface area contributed by atoms with Crippen LogP contribution in [0.3, 0.4) is 0 Å². The van der Waals surface area contributed by atoms with Gasteiger partial charge in [-0.1, -0.05) is 17.7 Å². The number of ether oxygens (including phenoxy) is 2. The van der Waals surface area contributed by atoms with Crippen LogP contribution in [0.15, 0.2) is 29.2 Å². The Labute approximate surface area is 133 Å². The Morgan fingerprint density at radius 2 is 1.87 bits per heavy atom. The molecule has 0 unspecified atom stereocenters. The molecule has 1 heterocycles. The van der Waals surface area contributed by atoms with Gasteiger partial charge in [-0.15, -0.1) is 0 Å². The van der Waals surface area contributed by atoms with Gasteiger partial charge in [-0.2, -0.15) is 8.42 Å². The largest absolute Gasteiger partial charge is 0.466 e. The maximum Gasteiger partial charge on any atom is 0.350 e. The molecule has 1 aliphatic heterocycles. The summed E-state index contributed by atoms with van der Waals surface area (Å²) < 4.78 is 38.4. The first-order chi connectivity index (χ1) is 10.6. The second-order valence-corrected chi connectivity index (χ2v) is 6.88. The lowest BCUT2D eigenvalue weighted by Gasteiger charge is -2.24. The molecule has 9 heteroatoms. The van der Waals surface area contributed by atoms with Gasteiger partial charge in [0.05, 0.1) is 12.0 Å². The Balaban J connectivity index is 2.30. The number of esters is 2. The molecule has 1 fully saturated rings. The fourth-order valence-corrected chi connectivity index (χ4v) is 3.20. The number of carbonyl (C=O) groups is 2. The summed E-state index contributed by atoms with van der Waals surface area (Å²) in [5, 5.41) is 10.3. The number of hydrogen-bond acceptors (Lipinski definition) is 8. The molecule has 2 rings (SSSR count). The fourth-order valence-electron chi connectivity index (χ4n) is 2.09. The summed E-state index contributed by atoms with van der Waals surface area (Å²) in [6, 6.07) is 5.71. The summed E-state index contributed by atoms with van der Waals surface area (Å²) in [6.45, 7) is 2.84. The predicted molar refractivity (Wildman–Crippen MR) is 75.8 cm³/mol. The zero-order valence-electron chi connectivity index (χ0n) is 12.7. The molecule has 0 aliphatic carbocycles. The van der Waals surface area contributed by atoms with Gasteiger partial charge in [0.25, 0.3) is 10.1 Å². The van der Waals surface area contributed by atoms with Crippen LogP contribution in [0.2, 0.25) is 0 Å². The number of rotatable bonds is 4. The van der Waals surface area contributed by atoms with Crippen LogP contribution in [0.5, 0.6) is 0 Å². The number of benzene rings is 1. The minimum atomic E-state index is -4.33. The van der Waals surface area contributed by atoms with Gasteiger partial charge in [-0.3, -0.25) is 0 Å². The fraction of sp³-hybridized carbons (Fsp3) is 0.429. The van der Waals surface area contributed by atoms with Crippen LogP contribution in [0.25, 0.3) is 0 Å². The molecule has 3 atom stereocenters. The first-order valence-corrected chi connectivity index (χ1v) is 8.01. The quantitative estimate of drug-likeness (QED) is 0.595. The first kappa shape index (κ1) is 17.4. The van der Waals surface area contributed by atoms with E-state index < -0.39 is 39.9 Å². The third kappa shape index (κ3) is 3.21. The van der Waals surface area contributed by atoms with Crippen molar-refractivity contribution in [2.75, 3.05) is 7.11 Å². The molecular formula is C14H16O8S. The zero-order chi connectivity index (χ0) is 17.4. The molecule has 0 radical (unpaired) electrons. The van der Waals surface area contributed by atoms with Gasteiger partial charge in [0.15, 0.2) is 0 Å². The smallest absolute Gasteiger partial charge is 0.350 e. The minimum Gasteiger partial charge on any atom is -0.466 e. The second kappa shape index (κ2) is 5.91. The normalized spacial score (nSPS) is 27.6. The Bertz CT molecular complexity index is 720. The molecule has 126 valence electrons. The van der Waals surface area contributed by atoms with Crippen LogP contribution in [0.1, 0.15) is 12.5 Å². The lowest BCUT2D eigenvalue weighted by molar-refractivity contribution is -0.166. The van der Waals surface area contributed by atoms with Gasteiger partial charge < -0.3 is 14.6 Å². The number of methoxy groups -OCH3 is 1. The molecule has 0 spiro atoms. The molecule has 0 bridgehead atoms. The molecule has 0 amide bonds. The van der Waals surface area contributed by atoms with Crippen LogP contribution < -0.4 is 0 Å². The summed E-state index contributed by atoms with van der Waals surface area (Å²) >= 11 is 0. The third-order valence-electron chi connectivity index (χ3n) is 3.46. The van der Waals surface area contributed by atoms with E-state index in [2.05, 4.69) is 9.47 Å². The maximum atomic E-state index is 12.2. The molecule has 1 aromatic rings. The average Bonchev–Trinajstić information content (AvgIpc) is 2.70. The van der Waals surface area contributed by atoms with Gasteiger partial charge in [-0.05, 0) is 26.0 Å². The van der Waals surface area contributed by atoms with Crippen molar-refractivity contribution in [3.8, 4) is 0 Å². The highest BCUT2D eigenvalue weighted by Gasteiger charge is 2.59. The second-order valence-electron chi connectivity index (χ2n) is 5.31. The molecular weight excluding hydrogens is 328 g/mol. The summed E-state index contributed by atoms with van der Waals surface area (Å²) in [6.07, 6.45) is -3.55. The highest BCUT2D eigenvalue weighted by Crippen LogP contribution is 2.32. The lowest BCUT2D eigenvalue weighted by atomic mass is 9.95. The molecule has 1 aliphatic rings. The number of cyclic esters (lactones) is 1. The van der Waals surface area contributed by atoms with Crippen LogP contribution >= 0.6 is 0 Å². The highest BCUT2D eigenvalue weighted by atomic mass is 32.2. The monoisotopic (exact) mass is 344 g/mol. The molecule has 1 N–H and O–H groups in total. The van der Waals surface area contributed by atoms with Crippen molar-refractivity contribution >= 4 is 22.1 Å². The number of carbonyl (C=O) groups excluding carboxylic acids is 2. The average molecular weight is 344 g/mol. The Hall–Kier alpha value is -1.97. The van der Waals surface area contributed by atoms with Gasteiger partial charge in [0.1, 0.15) is 5.60 Å². The van der Waals surface area contributed by atoms with Crippen LogP contribution in [-0.2, 0) is 33.4 Å². The number of aliphatic hydroxyl groups is 1. The molecule has 23 heavy (non-hydrogen) atoms. The predicted octanol–water partition coefficient (Wildman–Crippen LogP) is -0.0817. The van der Waals surface area contributed by atoms with Gasteiger partial charge in [-0.25, -0.2) is 13.8 Å². The van der Waals surface area contributed by atoms with Crippen molar-refractivity contribution in [1.29, 1.82) is 0 Å². The van der Waals surface area contributed by atoms with Crippen molar-refractivity contribution in [3.63, 3.8) is 0 Å². The zero-order valence-corrected chi connectivity index (χ0v) is 13.5. The van der Waals surface area contributed by atoms with Crippen molar-refractivity contribution < 1.29 is 36.8 Å². The molecule has 1 aromatic carbocycles. The van der Waals surface area contributed by atoms with E-state index in [1.807, 2.05) is 0 Å². The SMILES string of the molecule is COC(=O)[C@H]1OC(=O)[C@@H](OS(=O)(=O)c2ccc(C)cc2)[C@@]1(C)O. The van der Waals surface area contributed by atoms with E-state index in [1.165, 1.54) is 12.1 Å². The first-order valence-electron chi connectivity index (χ1n) is 6.60. The van der Waals surface area contributed by atoms with E-state index in [0.717, 1.165) is 19.6 Å². The maximum absolute atomic E-state index is 12.2. The summed E-state index contributed by atoms with van der Waals surface area (Å²) in [5.41, 5.74) is -1.36.